The summed E-state index contributed by atoms with van der Waals surface area (Å²) in [5.74, 6) is 0. The van der Waals surface area contributed by atoms with Crippen LogP contribution in [0.15, 0.2) is 24.3 Å². The van der Waals surface area contributed by atoms with Gasteiger partial charge in [-0.15, -0.1) is 0 Å². The van der Waals surface area contributed by atoms with Crippen LogP contribution >= 0.6 is 0 Å². The van der Waals surface area contributed by atoms with E-state index in [1.54, 1.807) is 12.1 Å². The quantitative estimate of drug-likeness (QED) is 0.427. The first kappa shape index (κ1) is 12.5. The molecule has 0 bridgehead atoms. The van der Waals surface area contributed by atoms with Crippen LogP contribution in [0, 0.1) is 10.1 Å². The van der Waals surface area contributed by atoms with Gasteiger partial charge in [-0.25, -0.2) is 0 Å². The molecular formula is C9H15N3O2. The zero-order valence-electron chi connectivity index (χ0n) is 8.31. The molecular weight excluding hydrogens is 182 g/mol. The molecule has 0 amide bonds. The van der Waals surface area contributed by atoms with Crippen LogP contribution in [-0.4, -0.2) is 4.92 Å². The predicted molar refractivity (Wildman–Crippen MR) is 55.6 cm³/mol. The number of hydrogen-bond acceptors (Lipinski definition) is 4. The van der Waals surface area contributed by atoms with Gasteiger partial charge in [-0.2, -0.15) is 0 Å². The zero-order chi connectivity index (χ0) is 11.1. The summed E-state index contributed by atoms with van der Waals surface area (Å²) in [6.07, 6.45) is -0.578. The van der Waals surface area contributed by atoms with Crippen molar-refractivity contribution in [3.05, 3.63) is 39.9 Å². The average Bonchev–Trinajstić information content (AvgIpc) is 2.21. The minimum Gasteiger partial charge on any atom is -0.312 e. The van der Waals surface area contributed by atoms with E-state index in [2.05, 4.69) is 0 Å². The van der Waals surface area contributed by atoms with Crippen LogP contribution in [-0.2, 0) is 0 Å². The summed E-state index contributed by atoms with van der Waals surface area (Å²) < 4.78 is 0. The van der Waals surface area contributed by atoms with E-state index in [9.17, 15) is 10.1 Å². The zero-order valence-corrected chi connectivity index (χ0v) is 8.31. The molecule has 14 heavy (non-hydrogen) atoms. The summed E-state index contributed by atoms with van der Waals surface area (Å²) in [4.78, 5) is 9.76. The molecule has 0 heterocycles. The predicted octanol–water partition coefficient (Wildman–Crippen LogP) is 1.54. The van der Waals surface area contributed by atoms with E-state index in [0.29, 0.717) is 5.56 Å². The van der Waals surface area contributed by atoms with Gasteiger partial charge in [0.25, 0.3) is 5.69 Å². The van der Waals surface area contributed by atoms with Crippen molar-refractivity contribution in [2.45, 2.75) is 20.0 Å². The third-order valence-corrected chi connectivity index (χ3v) is 1.49. The monoisotopic (exact) mass is 197 g/mol. The fourth-order valence-electron chi connectivity index (χ4n) is 0.818. The van der Waals surface area contributed by atoms with E-state index in [1.165, 1.54) is 12.1 Å². The lowest BCUT2D eigenvalue weighted by Crippen LogP contribution is -2.19. The summed E-state index contributed by atoms with van der Waals surface area (Å²) in [5.41, 5.74) is 11.4. The van der Waals surface area contributed by atoms with Gasteiger partial charge in [-0.05, 0) is 17.7 Å². The van der Waals surface area contributed by atoms with Crippen LogP contribution in [0.25, 0.3) is 0 Å². The van der Waals surface area contributed by atoms with Crippen molar-refractivity contribution >= 4 is 5.69 Å². The number of hydrogen-bond donors (Lipinski definition) is 2. The minimum atomic E-state index is -0.578. The molecule has 4 N–H and O–H groups in total. The van der Waals surface area contributed by atoms with Gasteiger partial charge in [0.1, 0.15) is 0 Å². The van der Waals surface area contributed by atoms with Crippen LogP contribution in [0.5, 0.6) is 0 Å². The Labute approximate surface area is 82.9 Å². The minimum absolute atomic E-state index is 0.0411. The van der Waals surface area contributed by atoms with E-state index < -0.39 is 11.1 Å². The van der Waals surface area contributed by atoms with Gasteiger partial charge in [0.05, 0.1) is 11.1 Å². The first-order chi connectivity index (χ1) is 6.61. The highest BCUT2D eigenvalue weighted by atomic mass is 16.6. The Morgan fingerprint density at radius 1 is 1.21 bits per heavy atom. The van der Waals surface area contributed by atoms with Crippen LogP contribution in [0.2, 0.25) is 0 Å². The second kappa shape index (κ2) is 6.06. The van der Waals surface area contributed by atoms with E-state index in [0.717, 1.165) is 0 Å². The SMILES string of the molecule is CC.NC(N)c1ccc([N+](=O)[O-])cc1. The van der Waals surface area contributed by atoms with Crippen molar-refractivity contribution in [2.24, 2.45) is 11.5 Å². The molecule has 0 radical (unpaired) electrons. The Bertz CT molecular complexity index is 283. The first-order valence-electron chi connectivity index (χ1n) is 4.37. The molecule has 0 aliphatic heterocycles. The highest BCUT2D eigenvalue weighted by Crippen LogP contribution is 2.13. The maximum atomic E-state index is 10.2. The standard InChI is InChI=1S/C7H9N3O2.C2H6/c8-7(9)5-1-3-6(4-2-5)10(11)12;1-2/h1-4,7H,8-9H2;1-2H3. The Balaban J connectivity index is 0.000000791. The Morgan fingerprint density at radius 2 is 1.64 bits per heavy atom. The van der Waals surface area contributed by atoms with Crippen molar-refractivity contribution in [1.82, 2.24) is 0 Å². The number of nitro benzene ring substituents is 1. The molecule has 0 aromatic heterocycles. The lowest BCUT2D eigenvalue weighted by Gasteiger charge is -2.03. The summed E-state index contributed by atoms with van der Waals surface area (Å²) >= 11 is 0. The van der Waals surface area contributed by atoms with Crippen LogP contribution < -0.4 is 11.5 Å². The van der Waals surface area contributed by atoms with Gasteiger partial charge < -0.3 is 11.5 Å². The average molecular weight is 197 g/mol. The molecule has 0 unspecified atom stereocenters. The Hall–Kier alpha value is -1.46. The maximum Gasteiger partial charge on any atom is 0.269 e. The van der Waals surface area contributed by atoms with Crippen molar-refractivity contribution in [3.8, 4) is 0 Å². The number of nitrogens with zero attached hydrogens (tertiary/aromatic N) is 1. The molecule has 78 valence electrons. The van der Waals surface area contributed by atoms with Crippen molar-refractivity contribution in [2.75, 3.05) is 0 Å². The third kappa shape index (κ3) is 3.51. The molecule has 0 fully saturated rings. The Kier molecular flexibility index (Phi) is 5.43. The summed E-state index contributed by atoms with van der Waals surface area (Å²) in [7, 11) is 0. The van der Waals surface area contributed by atoms with Gasteiger partial charge in [-0.1, -0.05) is 13.8 Å². The van der Waals surface area contributed by atoms with Crippen molar-refractivity contribution in [1.29, 1.82) is 0 Å². The smallest absolute Gasteiger partial charge is 0.269 e. The van der Waals surface area contributed by atoms with E-state index in [1.807, 2.05) is 13.8 Å². The second-order valence-corrected chi connectivity index (χ2v) is 2.37. The number of benzene rings is 1. The number of nitro groups is 1. The van der Waals surface area contributed by atoms with Crippen LogP contribution in [0.4, 0.5) is 5.69 Å². The normalized spacial score (nSPS) is 9.21. The lowest BCUT2D eigenvalue weighted by molar-refractivity contribution is -0.384. The summed E-state index contributed by atoms with van der Waals surface area (Å²) in [5, 5.41) is 10.2. The maximum absolute atomic E-state index is 10.2. The van der Waals surface area contributed by atoms with Gasteiger partial charge in [-0.3, -0.25) is 10.1 Å². The summed E-state index contributed by atoms with van der Waals surface area (Å²) in [6.45, 7) is 4.00. The van der Waals surface area contributed by atoms with E-state index >= 15 is 0 Å². The van der Waals surface area contributed by atoms with E-state index in [4.69, 9.17) is 11.5 Å². The lowest BCUT2D eigenvalue weighted by atomic mass is 10.2. The molecule has 1 aromatic rings. The number of nitrogens with two attached hydrogens (primary N) is 2. The van der Waals surface area contributed by atoms with Crippen LogP contribution in [0.3, 0.4) is 0 Å². The third-order valence-electron chi connectivity index (χ3n) is 1.49. The largest absolute Gasteiger partial charge is 0.312 e. The van der Waals surface area contributed by atoms with E-state index in [-0.39, 0.29) is 5.69 Å². The van der Waals surface area contributed by atoms with Crippen LogP contribution in [0.1, 0.15) is 25.6 Å². The summed E-state index contributed by atoms with van der Waals surface area (Å²) in [6, 6.07) is 5.84. The van der Waals surface area contributed by atoms with Crippen molar-refractivity contribution in [3.63, 3.8) is 0 Å². The molecule has 0 aliphatic rings. The fourth-order valence-corrected chi connectivity index (χ4v) is 0.818. The Morgan fingerprint density at radius 3 is 1.93 bits per heavy atom. The molecule has 5 nitrogen and oxygen atoms in total. The topological polar surface area (TPSA) is 95.2 Å². The molecule has 1 aromatic carbocycles. The fraction of sp³-hybridized carbons (Fsp3) is 0.333. The second-order valence-electron chi connectivity index (χ2n) is 2.37. The highest BCUT2D eigenvalue weighted by molar-refractivity contribution is 5.33. The molecule has 0 atom stereocenters. The molecule has 0 spiro atoms. The molecule has 0 saturated heterocycles. The van der Waals surface area contributed by atoms with Gasteiger partial charge in [0.15, 0.2) is 0 Å². The molecule has 0 saturated carbocycles. The number of non-ortho nitro benzene ring substituents is 1. The van der Waals surface area contributed by atoms with Crippen molar-refractivity contribution < 1.29 is 4.92 Å². The first-order valence-corrected chi connectivity index (χ1v) is 4.37. The van der Waals surface area contributed by atoms with Gasteiger partial charge >= 0.3 is 0 Å². The number of rotatable bonds is 2. The van der Waals surface area contributed by atoms with Gasteiger partial charge in [0.2, 0.25) is 0 Å². The molecule has 0 aliphatic carbocycles. The molecule has 5 heteroatoms. The highest BCUT2D eigenvalue weighted by Gasteiger charge is 2.05. The van der Waals surface area contributed by atoms with Gasteiger partial charge in [0, 0.05) is 12.1 Å². The molecule has 1 rings (SSSR count).